The average molecular weight is 518 g/mol. The number of β-lactam (4-membered cyclic amide) rings is 1. The molecule has 2 atom stereocenters. The number of nitrogen functional groups attached to an aromatic ring is 1. The van der Waals surface area contributed by atoms with Gasteiger partial charge in [0, 0.05) is 23.6 Å². The van der Waals surface area contributed by atoms with E-state index in [-0.39, 0.29) is 34.6 Å². The highest BCUT2D eigenvalue weighted by atomic mass is 32.2. The van der Waals surface area contributed by atoms with Crippen LogP contribution in [0, 0.1) is 0 Å². The molecule has 4 rings (SSSR count). The van der Waals surface area contributed by atoms with Crippen LogP contribution in [0.25, 0.3) is 0 Å². The van der Waals surface area contributed by atoms with Crippen molar-refractivity contribution < 1.29 is 33.9 Å². The molecule has 0 unspecified atom stereocenters. The van der Waals surface area contributed by atoms with Crippen LogP contribution < -0.4 is 15.9 Å². The number of carbonyl (C=O) groups excluding carboxylic acids is 3. The second kappa shape index (κ2) is 10.1. The number of nitrogens with zero attached hydrogens (tertiary/aromatic N) is 3. The van der Waals surface area contributed by atoms with Crippen molar-refractivity contribution in [2.45, 2.75) is 18.3 Å². The first-order valence-corrected chi connectivity index (χ1v) is 12.0. The second-order valence-electron chi connectivity index (χ2n) is 7.31. The van der Waals surface area contributed by atoms with Crippen LogP contribution >= 0.6 is 23.1 Å². The van der Waals surface area contributed by atoms with Crippen LogP contribution in [-0.2, 0) is 23.9 Å². The SMILES string of the molecule is CC(=O)OCC1=C(C(=O)O)N2C(=O)[C@@H](NC(=O)C(=NOc3ccccc3)c3csc(N)n3)[C@H]2SC1. The predicted octanol–water partition coefficient (Wildman–Crippen LogP) is 0.810. The Morgan fingerprint density at radius 2 is 2.06 bits per heavy atom. The molecule has 2 amide bonds. The molecule has 3 heterocycles. The minimum Gasteiger partial charge on any atom is -0.477 e. The number of nitrogens with two attached hydrogens (primary N) is 1. The molecule has 2 aliphatic rings. The summed E-state index contributed by atoms with van der Waals surface area (Å²) in [5.74, 6) is -2.66. The summed E-state index contributed by atoms with van der Waals surface area (Å²) >= 11 is 2.35. The first kappa shape index (κ1) is 24.2. The lowest BCUT2D eigenvalue weighted by Crippen LogP contribution is -2.71. The van der Waals surface area contributed by atoms with E-state index >= 15 is 0 Å². The summed E-state index contributed by atoms with van der Waals surface area (Å²) in [5.41, 5.74) is 5.71. The average Bonchev–Trinajstić information content (AvgIpc) is 3.26. The number of aromatic nitrogens is 1. The van der Waals surface area contributed by atoms with Gasteiger partial charge in [-0.05, 0) is 12.1 Å². The fraction of sp³-hybridized carbons (Fsp3) is 0.238. The lowest BCUT2D eigenvalue weighted by atomic mass is 10.0. The monoisotopic (exact) mass is 517 g/mol. The van der Waals surface area contributed by atoms with E-state index in [1.807, 2.05) is 0 Å². The molecule has 0 spiro atoms. The third-order valence-electron chi connectivity index (χ3n) is 4.95. The Labute approximate surface area is 206 Å². The number of hydrogen-bond donors (Lipinski definition) is 3. The zero-order valence-electron chi connectivity index (χ0n) is 18.2. The fourth-order valence-electron chi connectivity index (χ4n) is 3.37. The van der Waals surface area contributed by atoms with E-state index in [9.17, 15) is 24.3 Å². The molecule has 0 saturated carbocycles. The molecular weight excluding hydrogens is 498 g/mol. The van der Waals surface area contributed by atoms with Gasteiger partial charge in [-0.1, -0.05) is 23.4 Å². The van der Waals surface area contributed by atoms with Crippen molar-refractivity contribution in [1.82, 2.24) is 15.2 Å². The van der Waals surface area contributed by atoms with Crippen molar-refractivity contribution in [3.8, 4) is 5.75 Å². The zero-order chi connectivity index (χ0) is 25.1. The topological polar surface area (TPSA) is 174 Å². The Bertz CT molecular complexity index is 1240. The number of amides is 2. The summed E-state index contributed by atoms with van der Waals surface area (Å²) in [4.78, 5) is 59.4. The summed E-state index contributed by atoms with van der Waals surface area (Å²) in [6.45, 7) is 0.965. The molecule has 14 heteroatoms. The van der Waals surface area contributed by atoms with Gasteiger partial charge in [0.25, 0.3) is 11.8 Å². The van der Waals surface area contributed by atoms with Gasteiger partial charge in [0.05, 0.1) is 0 Å². The van der Waals surface area contributed by atoms with E-state index in [1.165, 1.54) is 24.1 Å². The van der Waals surface area contributed by atoms with Gasteiger partial charge in [0.2, 0.25) is 0 Å². The number of anilines is 1. The Morgan fingerprint density at radius 1 is 1.31 bits per heavy atom. The quantitative estimate of drug-likeness (QED) is 0.197. The summed E-state index contributed by atoms with van der Waals surface area (Å²) in [5, 5.41) is 17.3. The summed E-state index contributed by atoms with van der Waals surface area (Å²) in [6.07, 6.45) is 0. The fourth-order valence-corrected chi connectivity index (χ4v) is 5.25. The number of benzene rings is 1. The van der Waals surface area contributed by atoms with Crippen LogP contribution in [0.4, 0.5) is 5.13 Å². The van der Waals surface area contributed by atoms with E-state index < -0.39 is 35.2 Å². The first-order chi connectivity index (χ1) is 16.8. The van der Waals surface area contributed by atoms with Gasteiger partial charge in [-0.3, -0.25) is 19.3 Å². The Kier molecular flexibility index (Phi) is 7.02. The molecule has 35 heavy (non-hydrogen) atoms. The number of esters is 1. The largest absolute Gasteiger partial charge is 0.477 e. The number of ether oxygens (including phenoxy) is 1. The van der Waals surface area contributed by atoms with E-state index in [0.29, 0.717) is 11.3 Å². The smallest absolute Gasteiger partial charge is 0.352 e. The van der Waals surface area contributed by atoms with E-state index in [4.69, 9.17) is 15.3 Å². The highest BCUT2D eigenvalue weighted by Gasteiger charge is 2.54. The molecule has 0 radical (unpaired) electrons. The van der Waals surface area contributed by atoms with Crippen LogP contribution in [0.3, 0.4) is 0 Å². The molecule has 2 aromatic rings. The Hall–Kier alpha value is -3.91. The van der Waals surface area contributed by atoms with Gasteiger partial charge in [-0.2, -0.15) is 0 Å². The van der Waals surface area contributed by atoms with Crippen molar-refractivity contribution in [1.29, 1.82) is 0 Å². The standard InChI is InChI=1S/C21H19N5O7S2/c1-10(27)32-7-11-8-34-19-15(18(29)26(19)16(11)20(30)31)24-17(28)14(13-9-35-21(22)23-13)25-33-12-5-3-2-4-6-12/h2-6,9,15,19H,7-8H2,1H3,(H2,22,23)(H,24,28)(H,30,31)/t15-,19-/m1/s1. The van der Waals surface area contributed by atoms with Crippen LogP contribution in [0.5, 0.6) is 5.75 Å². The molecule has 0 bridgehead atoms. The maximum absolute atomic E-state index is 13.1. The minimum atomic E-state index is -1.33. The number of thiazole rings is 1. The lowest BCUT2D eigenvalue weighted by Gasteiger charge is -2.49. The van der Waals surface area contributed by atoms with E-state index in [1.54, 1.807) is 30.3 Å². The van der Waals surface area contributed by atoms with Crippen molar-refractivity contribution >= 4 is 57.7 Å². The normalized spacial score (nSPS) is 19.5. The number of oxime groups is 1. The molecule has 12 nitrogen and oxygen atoms in total. The number of aliphatic carboxylic acids is 1. The number of carboxylic acid groups (broad SMARTS) is 1. The van der Waals surface area contributed by atoms with Crippen molar-refractivity contribution in [2.24, 2.45) is 5.16 Å². The second-order valence-corrected chi connectivity index (χ2v) is 9.31. The zero-order valence-corrected chi connectivity index (χ0v) is 19.8. The van der Waals surface area contributed by atoms with Crippen LogP contribution in [0.1, 0.15) is 12.6 Å². The molecule has 2 aliphatic heterocycles. The van der Waals surface area contributed by atoms with Crippen molar-refractivity contribution in [3.63, 3.8) is 0 Å². The Morgan fingerprint density at radius 3 is 2.69 bits per heavy atom. The maximum atomic E-state index is 13.1. The summed E-state index contributed by atoms with van der Waals surface area (Å²) < 4.78 is 4.91. The first-order valence-electron chi connectivity index (χ1n) is 10.1. The lowest BCUT2D eigenvalue weighted by molar-refractivity contribution is -0.150. The van der Waals surface area contributed by atoms with Crippen molar-refractivity contribution in [2.75, 3.05) is 18.1 Å². The van der Waals surface area contributed by atoms with Crippen molar-refractivity contribution in [3.05, 3.63) is 52.7 Å². The van der Waals surface area contributed by atoms with Gasteiger partial charge in [-0.25, -0.2) is 9.78 Å². The number of rotatable bonds is 8. The number of hydrogen-bond acceptors (Lipinski definition) is 11. The number of carbonyl (C=O) groups is 4. The molecule has 1 aromatic heterocycles. The van der Waals surface area contributed by atoms with Crippen LogP contribution in [0.15, 0.2) is 52.1 Å². The molecule has 1 saturated heterocycles. The van der Waals surface area contributed by atoms with E-state index in [0.717, 1.165) is 16.2 Å². The van der Waals surface area contributed by atoms with Crippen LogP contribution in [0.2, 0.25) is 0 Å². The Balaban J connectivity index is 1.53. The number of para-hydroxylation sites is 1. The van der Waals surface area contributed by atoms with Gasteiger partial charge in [-0.15, -0.1) is 23.1 Å². The molecule has 1 fully saturated rings. The van der Waals surface area contributed by atoms with Gasteiger partial charge >= 0.3 is 11.9 Å². The highest BCUT2D eigenvalue weighted by molar-refractivity contribution is 8.00. The molecule has 0 aliphatic carbocycles. The van der Waals surface area contributed by atoms with E-state index in [2.05, 4.69) is 15.5 Å². The maximum Gasteiger partial charge on any atom is 0.352 e. The highest BCUT2D eigenvalue weighted by Crippen LogP contribution is 2.40. The van der Waals surface area contributed by atoms with Gasteiger partial charge < -0.3 is 25.7 Å². The third-order valence-corrected chi connectivity index (χ3v) is 6.96. The predicted molar refractivity (Wildman–Crippen MR) is 126 cm³/mol. The third kappa shape index (κ3) is 5.12. The summed E-state index contributed by atoms with van der Waals surface area (Å²) in [7, 11) is 0. The number of nitrogens with one attached hydrogen (secondary N) is 1. The van der Waals surface area contributed by atoms with Gasteiger partial charge in [0.1, 0.15) is 29.4 Å². The summed E-state index contributed by atoms with van der Waals surface area (Å²) in [6, 6.07) is 7.54. The number of carboxylic acids is 1. The molecule has 182 valence electrons. The van der Waals surface area contributed by atoms with Crippen LogP contribution in [-0.4, -0.2) is 68.2 Å². The molecular formula is C21H19N5O7S2. The number of thioether (sulfide) groups is 1. The molecule has 4 N–H and O–H groups in total. The van der Waals surface area contributed by atoms with Gasteiger partial charge in [0.15, 0.2) is 16.6 Å². The number of fused-ring (bicyclic) bond motifs is 1. The molecule has 1 aromatic carbocycles. The minimum absolute atomic E-state index is 0.163.